The van der Waals surface area contributed by atoms with Gasteiger partial charge in [0, 0.05) is 17.0 Å². The summed E-state index contributed by atoms with van der Waals surface area (Å²) >= 11 is 0. The second kappa shape index (κ2) is 9.16. The van der Waals surface area contributed by atoms with E-state index in [4.69, 9.17) is 23.9 Å². The van der Waals surface area contributed by atoms with Gasteiger partial charge in [-0.3, -0.25) is 4.99 Å². The van der Waals surface area contributed by atoms with E-state index >= 15 is 0 Å². The first-order valence-corrected chi connectivity index (χ1v) is 13.0. The van der Waals surface area contributed by atoms with Crippen molar-refractivity contribution in [1.29, 1.82) is 0 Å². The van der Waals surface area contributed by atoms with E-state index in [1.54, 1.807) is 14.2 Å². The minimum atomic E-state index is 0.316. The molecule has 3 aliphatic carbocycles. The van der Waals surface area contributed by atoms with Gasteiger partial charge in [-0.05, 0) is 86.3 Å². The Morgan fingerprint density at radius 1 is 0.735 bits per heavy atom. The fourth-order valence-electron chi connectivity index (χ4n) is 5.37. The molecule has 0 unspecified atom stereocenters. The zero-order chi connectivity index (χ0) is 23.1. The lowest BCUT2D eigenvalue weighted by Gasteiger charge is -2.36. The highest BCUT2D eigenvalue weighted by atomic mass is 16.5. The van der Waals surface area contributed by atoms with Crippen molar-refractivity contribution in [2.75, 3.05) is 27.4 Å². The topological polar surface area (TPSA) is 49.3 Å². The Labute approximate surface area is 202 Å². The van der Waals surface area contributed by atoms with Gasteiger partial charge in [-0.15, -0.1) is 0 Å². The van der Waals surface area contributed by atoms with Crippen LogP contribution in [0.2, 0.25) is 0 Å². The van der Waals surface area contributed by atoms with Crippen molar-refractivity contribution in [1.82, 2.24) is 0 Å². The average Bonchev–Trinajstić information content (AvgIpc) is 3.80. The lowest BCUT2D eigenvalue weighted by Crippen LogP contribution is -2.29. The second-order valence-electron chi connectivity index (χ2n) is 10.4. The number of methoxy groups -OCH3 is 2. The third-order valence-corrected chi connectivity index (χ3v) is 7.79. The van der Waals surface area contributed by atoms with Gasteiger partial charge >= 0.3 is 0 Å². The Bertz CT molecular complexity index is 1090. The molecule has 0 aromatic heterocycles. The first-order valence-electron chi connectivity index (χ1n) is 13.0. The lowest BCUT2D eigenvalue weighted by molar-refractivity contribution is 0.253. The van der Waals surface area contributed by atoms with Crippen molar-refractivity contribution < 1.29 is 18.9 Å². The number of aliphatic imine (C=N–C) groups is 1. The third kappa shape index (κ3) is 4.37. The molecule has 3 fully saturated rings. The van der Waals surface area contributed by atoms with Crippen LogP contribution < -0.4 is 18.9 Å². The number of hydrogen-bond donors (Lipinski definition) is 0. The number of benzene rings is 2. The normalized spacial score (nSPS) is 23.4. The van der Waals surface area contributed by atoms with Gasteiger partial charge in [0.05, 0.1) is 39.2 Å². The molecular formula is C29H35NO4. The van der Waals surface area contributed by atoms with E-state index < -0.39 is 0 Å². The van der Waals surface area contributed by atoms with E-state index in [-0.39, 0.29) is 0 Å². The minimum Gasteiger partial charge on any atom is -0.493 e. The molecular weight excluding hydrogens is 426 g/mol. The van der Waals surface area contributed by atoms with Crippen LogP contribution in [0.3, 0.4) is 0 Å². The molecule has 180 valence electrons. The van der Waals surface area contributed by atoms with Gasteiger partial charge in [-0.2, -0.15) is 0 Å². The van der Waals surface area contributed by atoms with Crippen LogP contribution in [0.5, 0.6) is 23.0 Å². The molecule has 0 amide bonds. The molecule has 5 nitrogen and oxygen atoms in total. The molecule has 2 atom stereocenters. The van der Waals surface area contributed by atoms with Crippen molar-refractivity contribution in [3.63, 3.8) is 0 Å². The minimum absolute atomic E-state index is 0.316. The SMILES string of the molecule is COc1cc2c(cc1OC)[C@H]1CCCC[C@H]1N=C2c1ccc(OCC2CC2)c(OCC2CC2)c1. The molecule has 1 heterocycles. The molecule has 0 N–H and O–H groups in total. The van der Waals surface area contributed by atoms with Crippen molar-refractivity contribution in [2.24, 2.45) is 16.8 Å². The summed E-state index contributed by atoms with van der Waals surface area (Å²) in [6.07, 6.45) is 9.89. The molecule has 2 aromatic rings. The van der Waals surface area contributed by atoms with E-state index in [9.17, 15) is 0 Å². The fraction of sp³-hybridized carbons (Fsp3) is 0.552. The number of nitrogens with zero attached hydrogens (tertiary/aromatic N) is 1. The number of fused-ring (bicyclic) bond motifs is 3. The van der Waals surface area contributed by atoms with Crippen LogP contribution in [-0.2, 0) is 0 Å². The van der Waals surface area contributed by atoms with Gasteiger partial charge in [0.15, 0.2) is 23.0 Å². The van der Waals surface area contributed by atoms with E-state index in [0.29, 0.717) is 23.8 Å². The summed E-state index contributed by atoms with van der Waals surface area (Å²) in [4.78, 5) is 5.33. The lowest BCUT2D eigenvalue weighted by atomic mass is 9.75. The molecule has 0 spiro atoms. The second-order valence-corrected chi connectivity index (χ2v) is 10.4. The molecule has 5 heteroatoms. The van der Waals surface area contributed by atoms with Crippen molar-refractivity contribution >= 4 is 5.71 Å². The third-order valence-electron chi connectivity index (χ3n) is 7.79. The summed E-state index contributed by atoms with van der Waals surface area (Å²) in [5, 5.41) is 0. The Morgan fingerprint density at radius 3 is 2.12 bits per heavy atom. The zero-order valence-corrected chi connectivity index (χ0v) is 20.3. The highest BCUT2D eigenvalue weighted by Gasteiger charge is 2.35. The van der Waals surface area contributed by atoms with Crippen LogP contribution in [0.15, 0.2) is 35.3 Å². The molecule has 0 radical (unpaired) electrons. The summed E-state index contributed by atoms with van der Waals surface area (Å²) in [7, 11) is 3.41. The quantitative estimate of drug-likeness (QED) is 0.449. The van der Waals surface area contributed by atoms with Gasteiger partial charge in [-0.25, -0.2) is 0 Å². The van der Waals surface area contributed by atoms with Gasteiger partial charge < -0.3 is 18.9 Å². The summed E-state index contributed by atoms with van der Waals surface area (Å²) < 4.78 is 23.8. The number of hydrogen-bond acceptors (Lipinski definition) is 5. The summed E-state index contributed by atoms with van der Waals surface area (Å²) in [6.45, 7) is 1.55. The van der Waals surface area contributed by atoms with Gasteiger partial charge in [-0.1, -0.05) is 12.8 Å². The fourth-order valence-corrected chi connectivity index (χ4v) is 5.37. The van der Waals surface area contributed by atoms with Crippen LogP contribution >= 0.6 is 0 Å². The first kappa shape index (κ1) is 21.8. The molecule has 2 aromatic carbocycles. The first-order chi connectivity index (χ1) is 16.7. The summed E-state index contributed by atoms with van der Waals surface area (Å²) in [5.41, 5.74) is 4.61. The monoisotopic (exact) mass is 461 g/mol. The Balaban J connectivity index is 1.39. The predicted octanol–water partition coefficient (Wildman–Crippen LogP) is 6.16. The van der Waals surface area contributed by atoms with Gasteiger partial charge in [0.25, 0.3) is 0 Å². The van der Waals surface area contributed by atoms with Crippen LogP contribution in [0.4, 0.5) is 0 Å². The largest absolute Gasteiger partial charge is 0.493 e. The van der Waals surface area contributed by atoms with E-state index in [2.05, 4.69) is 30.3 Å². The van der Waals surface area contributed by atoms with Gasteiger partial charge in [0.2, 0.25) is 0 Å². The van der Waals surface area contributed by atoms with Crippen molar-refractivity contribution in [2.45, 2.75) is 63.3 Å². The maximum absolute atomic E-state index is 6.30. The summed E-state index contributed by atoms with van der Waals surface area (Å²) in [5.74, 6) is 5.08. The maximum atomic E-state index is 6.30. The average molecular weight is 462 g/mol. The zero-order valence-electron chi connectivity index (χ0n) is 20.3. The van der Waals surface area contributed by atoms with Crippen molar-refractivity contribution in [3.8, 4) is 23.0 Å². The molecule has 0 bridgehead atoms. The summed E-state index contributed by atoms with van der Waals surface area (Å²) in [6, 6.07) is 11.0. The molecule has 6 rings (SSSR count). The Kier molecular flexibility index (Phi) is 5.88. The molecule has 4 aliphatic rings. The smallest absolute Gasteiger partial charge is 0.161 e. The highest BCUT2D eigenvalue weighted by Crippen LogP contribution is 2.45. The van der Waals surface area contributed by atoms with Crippen LogP contribution in [-0.4, -0.2) is 39.2 Å². The Hall–Kier alpha value is -2.69. The highest BCUT2D eigenvalue weighted by molar-refractivity contribution is 6.15. The maximum Gasteiger partial charge on any atom is 0.161 e. The number of ether oxygens (including phenoxy) is 4. The standard InChI is InChI=1S/C29H35NO4/c1-31-26-14-22-21-5-3-4-6-24(21)30-29(23(22)15-27(26)32-2)20-11-12-25(33-16-18-7-8-18)28(13-20)34-17-19-9-10-19/h11-15,18-19,21,24H,3-10,16-17H2,1-2H3/t21-,24-/m1/s1. The van der Waals surface area contributed by atoms with E-state index in [0.717, 1.165) is 59.5 Å². The van der Waals surface area contributed by atoms with Crippen LogP contribution in [0.1, 0.15) is 74.0 Å². The number of rotatable bonds is 9. The van der Waals surface area contributed by atoms with Crippen LogP contribution in [0.25, 0.3) is 0 Å². The van der Waals surface area contributed by atoms with E-state index in [1.807, 2.05) is 0 Å². The Morgan fingerprint density at radius 2 is 1.41 bits per heavy atom. The predicted molar refractivity (Wildman–Crippen MR) is 133 cm³/mol. The van der Waals surface area contributed by atoms with Crippen molar-refractivity contribution in [3.05, 3.63) is 47.0 Å². The molecule has 1 aliphatic heterocycles. The van der Waals surface area contributed by atoms with Gasteiger partial charge in [0.1, 0.15) is 0 Å². The van der Waals surface area contributed by atoms with E-state index in [1.165, 1.54) is 50.5 Å². The molecule has 34 heavy (non-hydrogen) atoms. The molecule has 0 saturated heterocycles. The van der Waals surface area contributed by atoms with Crippen LogP contribution in [0, 0.1) is 11.8 Å². The molecule has 3 saturated carbocycles.